The Morgan fingerprint density at radius 3 is 2.50 bits per heavy atom. The van der Waals surface area contributed by atoms with Gasteiger partial charge < -0.3 is 14.5 Å². The lowest BCUT2D eigenvalue weighted by Crippen LogP contribution is -2.21. The number of para-hydroxylation sites is 1. The van der Waals surface area contributed by atoms with Gasteiger partial charge in [-0.1, -0.05) is 18.2 Å². The van der Waals surface area contributed by atoms with Crippen LogP contribution in [0.25, 0.3) is 0 Å². The molecule has 0 saturated carbocycles. The van der Waals surface area contributed by atoms with Gasteiger partial charge in [0.1, 0.15) is 6.26 Å². The van der Waals surface area contributed by atoms with E-state index in [2.05, 4.69) is 5.32 Å². The third kappa shape index (κ3) is 3.26. The first-order valence-corrected chi connectivity index (χ1v) is 6.13. The van der Waals surface area contributed by atoms with Gasteiger partial charge in [0.05, 0.1) is 11.8 Å². The maximum Gasteiger partial charge on any atom is 0.341 e. The molecule has 0 spiro atoms. The number of hydrogen-bond donors (Lipinski definition) is 1. The lowest BCUT2D eigenvalue weighted by Gasteiger charge is -2.11. The van der Waals surface area contributed by atoms with Gasteiger partial charge in [0.25, 0.3) is 5.91 Å². The molecule has 20 heavy (non-hydrogen) atoms. The van der Waals surface area contributed by atoms with Crippen molar-refractivity contribution in [1.82, 2.24) is 0 Å². The molecule has 0 bridgehead atoms. The van der Waals surface area contributed by atoms with Gasteiger partial charge in [-0.3, -0.25) is 4.79 Å². The van der Waals surface area contributed by atoms with E-state index < -0.39 is 5.97 Å². The molecular formula is C15H15NO4. The van der Waals surface area contributed by atoms with Gasteiger partial charge in [-0.15, -0.1) is 0 Å². The molecule has 1 heterocycles. The van der Waals surface area contributed by atoms with E-state index >= 15 is 0 Å². The van der Waals surface area contributed by atoms with Crippen LogP contribution in [-0.2, 0) is 9.53 Å². The summed E-state index contributed by atoms with van der Waals surface area (Å²) in [6.07, 6.45) is 2.64. The Bertz CT molecular complexity index is 597. The van der Waals surface area contributed by atoms with Gasteiger partial charge in [-0.2, -0.15) is 0 Å². The molecule has 0 atom stereocenters. The molecule has 0 unspecified atom stereocenters. The van der Waals surface area contributed by atoms with Crippen LogP contribution < -0.4 is 5.32 Å². The predicted molar refractivity (Wildman–Crippen MR) is 73.5 cm³/mol. The lowest BCUT2D eigenvalue weighted by molar-refractivity contribution is -0.119. The molecule has 104 valence electrons. The summed E-state index contributed by atoms with van der Waals surface area (Å²) in [5, 5.41) is 2.74. The average Bonchev–Trinajstić information content (AvgIpc) is 2.94. The average molecular weight is 273 g/mol. The van der Waals surface area contributed by atoms with Crippen LogP contribution in [0.2, 0.25) is 0 Å². The van der Waals surface area contributed by atoms with E-state index in [1.807, 2.05) is 32.0 Å². The SMILES string of the molecule is Cc1cccc(C)c1NC(=O)COC(=O)c1ccoc1. The second-order valence-corrected chi connectivity index (χ2v) is 4.40. The number of esters is 1. The zero-order valence-electron chi connectivity index (χ0n) is 11.3. The van der Waals surface area contributed by atoms with Gasteiger partial charge in [0.15, 0.2) is 6.61 Å². The second kappa shape index (κ2) is 6.06. The van der Waals surface area contributed by atoms with Crippen molar-refractivity contribution in [3.05, 3.63) is 53.5 Å². The fraction of sp³-hybridized carbons (Fsp3) is 0.200. The van der Waals surface area contributed by atoms with Gasteiger partial charge in [-0.05, 0) is 31.0 Å². The van der Waals surface area contributed by atoms with Gasteiger partial charge in [0, 0.05) is 5.69 Å². The van der Waals surface area contributed by atoms with Crippen LogP contribution in [0.4, 0.5) is 5.69 Å². The Hall–Kier alpha value is -2.56. The largest absolute Gasteiger partial charge is 0.472 e. The fourth-order valence-corrected chi connectivity index (χ4v) is 1.78. The number of carbonyl (C=O) groups excluding carboxylic acids is 2. The van der Waals surface area contributed by atoms with E-state index in [9.17, 15) is 9.59 Å². The third-order valence-corrected chi connectivity index (χ3v) is 2.84. The summed E-state index contributed by atoms with van der Waals surface area (Å²) in [6.45, 7) is 3.47. The monoisotopic (exact) mass is 273 g/mol. The first-order chi connectivity index (χ1) is 9.58. The number of rotatable bonds is 4. The highest BCUT2D eigenvalue weighted by Gasteiger charge is 2.12. The molecule has 2 aromatic rings. The molecule has 0 radical (unpaired) electrons. The number of anilines is 1. The van der Waals surface area contributed by atoms with E-state index in [-0.39, 0.29) is 18.1 Å². The maximum atomic E-state index is 11.8. The van der Waals surface area contributed by atoms with Crippen molar-refractivity contribution in [2.45, 2.75) is 13.8 Å². The molecule has 0 aliphatic heterocycles. The first kappa shape index (κ1) is 13.9. The van der Waals surface area contributed by atoms with Crippen LogP contribution in [0, 0.1) is 13.8 Å². The molecule has 5 nitrogen and oxygen atoms in total. The molecule has 5 heteroatoms. The summed E-state index contributed by atoms with van der Waals surface area (Å²) < 4.78 is 9.66. The third-order valence-electron chi connectivity index (χ3n) is 2.84. The molecule has 0 fully saturated rings. The second-order valence-electron chi connectivity index (χ2n) is 4.40. The normalized spacial score (nSPS) is 10.1. The van der Waals surface area contributed by atoms with Crippen molar-refractivity contribution in [3.8, 4) is 0 Å². The van der Waals surface area contributed by atoms with E-state index in [0.29, 0.717) is 0 Å². The van der Waals surface area contributed by atoms with Gasteiger partial charge in [0.2, 0.25) is 0 Å². The smallest absolute Gasteiger partial charge is 0.341 e. The molecular weight excluding hydrogens is 258 g/mol. The Kier molecular flexibility index (Phi) is 4.20. The molecule has 0 aliphatic carbocycles. The van der Waals surface area contributed by atoms with Gasteiger partial charge in [-0.25, -0.2) is 4.79 Å². The first-order valence-electron chi connectivity index (χ1n) is 6.13. The summed E-state index contributed by atoms with van der Waals surface area (Å²) in [6, 6.07) is 7.20. The van der Waals surface area contributed by atoms with Crippen molar-refractivity contribution in [3.63, 3.8) is 0 Å². The molecule has 1 amide bonds. The molecule has 2 rings (SSSR count). The number of carbonyl (C=O) groups is 2. The highest BCUT2D eigenvalue weighted by molar-refractivity contribution is 5.96. The Morgan fingerprint density at radius 1 is 1.20 bits per heavy atom. The summed E-state index contributed by atoms with van der Waals surface area (Å²) in [5.41, 5.74) is 2.95. The zero-order chi connectivity index (χ0) is 14.5. The standard InChI is InChI=1S/C15H15NO4/c1-10-4-3-5-11(2)14(10)16-13(17)9-20-15(18)12-6-7-19-8-12/h3-8H,9H2,1-2H3,(H,16,17). The lowest BCUT2D eigenvalue weighted by atomic mass is 10.1. The number of aryl methyl sites for hydroxylation is 2. The van der Waals surface area contributed by atoms with E-state index in [1.165, 1.54) is 18.6 Å². The van der Waals surface area contributed by atoms with Crippen molar-refractivity contribution < 1.29 is 18.7 Å². The molecule has 1 aromatic carbocycles. The van der Waals surface area contributed by atoms with Crippen LogP contribution >= 0.6 is 0 Å². The number of furan rings is 1. The number of hydrogen-bond acceptors (Lipinski definition) is 4. The minimum atomic E-state index is -0.588. The van der Waals surface area contributed by atoms with Crippen LogP contribution in [0.15, 0.2) is 41.2 Å². The number of benzene rings is 1. The topological polar surface area (TPSA) is 68.5 Å². The fourth-order valence-electron chi connectivity index (χ4n) is 1.78. The highest BCUT2D eigenvalue weighted by atomic mass is 16.5. The van der Waals surface area contributed by atoms with E-state index in [4.69, 9.17) is 9.15 Å². The highest BCUT2D eigenvalue weighted by Crippen LogP contribution is 2.19. The van der Waals surface area contributed by atoms with Crippen molar-refractivity contribution >= 4 is 17.6 Å². The van der Waals surface area contributed by atoms with Crippen molar-refractivity contribution in [2.24, 2.45) is 0 Å². The van der Waals surface area contributed by atoms with Crippen LogP contribution in [0.5, 0.6) is 0 Å². The summed E-state index contributed by atoms with van der Waals surface area (Å²) >= 11 is 0. The van der Waals surface area contributed by atoms with E-state index in [0.717, 1.165) is 16.8 Å². The summed E-state index contributed by atoms with van der Waals surface area (Å²) in [4.78, 5) is 23.3. The minimum Gasteiger partial charge on any atom is -0.472 e. The summed E-state index contributed by atoms with van der Waals surface area (Å²) in [7, 11) is 0. The molecule has 0 aliphatic rings. The predicted octanol–water partition coefficient (Wildman–Crippen LogP) is 2.69. The van der Waals surface area contributed by atoms with Crippen LogP contribution in [-0.4, -0.2) is 18.5 Å². The number of nitrogens with one attached hydrogen (secondary N) is 1. The van der Waals surface area contributed by atoms with E-state index in [1.54, 1.807) is 0 Å². The molecule has 1 N–H and O–H groups in total. The quantitative estimate of drug-likeness (QED) is 0.870. The zero-order valence-corrected chi connectivity index (χ0v) is 11.3. The molecule has 1 aromatic heterocycles. The Morgan fingerprint density at radius 2 is 1.90 bits per heavy atom. The van der Waals surface area contributed by atoms with Gasteiger partial charge >= 0.3 is 5.97 Å². The Labute approximate surface area is 116 Å². The maximum absolute atomic E-state index is 11.8. The van der Waals surface area contributed by atoms with Crippen LogP contribution in [0.1, 0.15) is 21.5 Å². The number of amides is 1. The summed E-state index contributed by atoms with van der Waals surface area (Å²) in [5.74, 6) is -0.963. The minimum absolute atomic E-state index is 0.282. The molecule has 0 saturated heterocycles. The Balaban J connectivity index is 1.92. The number of ether oxygens (including phenoxy) is 1. The van der Waals surface area contributed by atoms with Crippen molar-refractivity contribution in [1.29, 1.82) is 0 Å². The van der Waals surface area contributed by atoms with Crippen LogP contribution in [0.3, 0.4) is 0 Å². The van der Waals surface area contributed by atoms with Crippen molar-refractivity contribution in [2.75, 3.05) is 11.9 Å².